The van der Waals surface area contributed by atoms with Crippen molar-refractivity contribution in [2.24, 2.45) is 0 Å². The third-order valence-corrected chi connectivity index (χ3v) is 4.73. The topological polar surface area (TPSA) is 91.9 Å². The summed E-state index contributed by atoms with van der Waals surface area (Å²) in [4.78, 5) is 8.65. The second-order valence-electron chi connectivity index (χ2n) is 7.13. The molecule has 2 heterocycles. The van der Waals surface area contributed by atoms with Gasteiger partial charge in [-0.1, -0.05) is 36.4 Å². The van der Waals surface area contributed by atoms with Crippen LogP contribution in [0.3, 0.4) is 0 Å². The lowest BCUT2D eigenvalue weighted by Crippen LogP contribution is -2.09. The average molecular weight is 422 g/mol. The summed E-state index contributed by atoms with van der Waals surface area (Å²) in [6.07, 6.45) is 5.21. The van der Waals surface area contributed by atoms with Crippen LogP contribution in [0.2, 0.25) is 0 Å². The lowest BCUT2D eigenvalue weighted by Gasteiger charge is -2.12. The number of pyridine rings is 2. The number of benzene rings is 2. The molecule has 6 heteroatoms. The van der Waals surface area contributed by atoms with Gasteiger partial charge in [-0.2, -0.15) is 0 Å². The minimum atomic E-state index is -0.0941. The van der Waals surface area contributed by atoms with Crippen LogP contribution >= 0.6 is 0 Å². The van der Waals surface area contributed by atoms with E-state index in [1.165, 1.54) is 6.92 Å². The third kappa shape index (κ3) is 5.23. The van der Waals surface area contributed by atoms with Crippen LogP contribution in [0.1, 0.15) is 23.7 Å². The Hall–Kier alpha value is -4.32. The van der Waals surface area contributed by atoms with Gasteiger partial charge >= 0.3 is 0 Å². The van der Waals surface area contributed by atoms with E-state index in [1.807, 2.05) is 78.9 Å². The Labute approximate surface area is 186 Å². The van der Waals surface area contributed by atoms with Crippen LogP contribution in [0.25, 0.3) is 22.6 Å². The van der Waals surface area contributed by atoms with Crippen molar-refractivity contribution >= 4 is 34.3 Å². The molecule has 0 saturated heterocycles. The van der Waals surface area contributed by atoms with Crippen LogP contribution in [0.5, 0.6) is 5.75 Å². The Morgan fingerprint density at radius 1 is 0.906 bits per heavy atom. The zero-order chi connectivity index (χ0) is 22.3. The first-order chi connectivity index (χ1) is 15.6. The first-order valence-electron chi connectivity index (χ1n) is 10.1. The summed E-state index contributed by atoms with van der Waals surface area (Å²) in [5.74, 6) is 0.560. The number of hydrogen-bond acceptors (Lipinski definition) is 6. The fourth-order valence-electron chi connectivity index (χ4n) is 3.19. The van der Waals surface area contributed by atoms with Gasteiger partial charge in [-0.15, -0.1) is 0 Å². The number of nitrogens with zero attached hydrogens (tertiary/aromatic N) is 2. The molecule has 6 nitrogen and oxygen atoms in total. The van der Waals surface area contributed by atoms with Crippen molar-refractivity contribution in [3.63, 3.8) is 0 Å². The van der Waals surface area contributed by atoms with Crippen LogP contribution in [-0.4, -0.2) is 21.8 Å². The fourth-order valence-corrected chi connectivity index (χ4v) is 3.19. The summed E-state index contributed by atoms with van der Waals surface area (Å²) in [5, 5.41) is 16.9. The molecule has 158 valence electrons. The van der Waals surface area contributed by atoms with Crippen molar-refractivity contribution in [3.8, 4) is 5.75 Å². The second-order valence-corrected chi connectivity index (χ2v) is 7.13. The van der Waals surface area contributed by atoms with E-state index in [0.29, 0.717) is 17.9 Å². The van der Waals surface area contributed by atoms with E-state index >= 15 is 0 Å². The number of nitrogens with one attached hydrogen (secondary N) is 2. The molecule has 0 unspecified atom stereocenters. The van der Waals surface area contributed by atoms with Crippen LogP contribution < -0.4 is 4.74 Å². The van der Waals surface area contributed by atoms with Crippen molar-refractivity contribution in [1.82, 2.24) is 9.97 Å². The summed E-state index contributed by atoms with van der Waals surface area (Å²) < 4.78 is 11.2. The number of ether oxygens (including phenoxy) is 2. The highest BCUT2D eigenvalue weighted by atomic mass is 16.5. The lowest BCUT2D eigenvalue weighted by atomic mass is 10.0. The fraction of sp³-hybridized carbons (Fsp3) is 0.0769. The van der Waals surface area contributed by atoms with Crippen molar-refractivity contribution in [2.45, 2.75) is 13.5 Å². The molecule has 2 aromatic heterocycles. The Morgan fingerprint density at radius 3 is 2.41 bits per heavy atom. The van der Waals surface area contributed by atoms with Crippen molar-refractivity contribution in [1.29, 1.82) is 10.8 Å². The molecular weight excluding hydrogens is 400 g/mol. The Bertz CT molecular complexity index is 1280. The van der Waals surface area contributed by atoms with Gasteiger partial charge in [-0.05, 0) is 53.6 Å². The van der Waals surface area contributed by atoms with Crippen LogP contribution in [0.15, 0.2) is 85.2 Å². The van der Waals surface area contributed by atoms with E-state index < -0.39 is 0 Å². The van der Waals surface area contributed by atoms with E-state index in [9.17, 15) is 0 Å². The highest BCUT2D eigenvalue weighted by Gasteiger charge is 2.12. The lowest BCUT2D eigenvalue weighted by molar-refractivity contribution is 0.302. The van der Waals surface area contributed by atoms with E-state index in [-0.39, 0.29) is 11.8 Å². The summed E-state index contributed by atoms with van der Waals surface area (Å²) in [5.41, 5.74) is 4.01. The highest BCUT2D eigenvalue weighted by molar-refractivity contribution is 6.25. The highest BCUT2D eigenvalue weighted by Crippen LogP contribution is 2.23. The molecule has 0 aliphatic carbocycles. The zero-order valence-corrected chi connectivity index (χ0v) is 17.6. The molecule has 0 saturated carbocycles. The zero-order valence-electron chi connectivity index (χ0n) is 17.6. The molecule has 2 aromatic carbocycles. The van der Waals surface area contributed by atoms with E-state index in [1.54, 1.807) is 12.4 Å². The predicted octanol–water partition coefficient (Wildman–Crippen LogP) is 5.74. The molecule has 0 aliphatic rings. The predicted molar refractivity (Wildman–Crippen MR) is 127 cm³/mol. The Kier molecular flexibility index (Phi) is 6.32. The molecule has 0 radical (unpaired) electrons. The molecule has 4 rings (SSSR count). The normalized spacial score (nSPS) is 11.2. The van der Waals surface area contributed by atoms with E-state index in [0.717, 1.165) is 27.7 Å². The van der Waals surface area contributed by atoms with Gasteiger partial charge in [0.05, 0.1) is 11.2 Å². The van der Waals surface area contributed by atoms with Gasteiger partial charge in [-0.3, -0.25) is 15.8 Å². The number of aromatic nitrogens is 2. The Balaban J connectivity index is 1.52. The largest absolute Gasteiger partial charge is 0.487 e. The molecule has 0 bridgehead atoms. The van der Waals surface area contributed by atoms with Crippen molar-refractivity contribution < 1.29 is 9.47 Å². The molecule has 0 amide bonds. The van der Waals surface area contributed by atoms with Crippen LogP contribution in [0.4, 0.5) is 0 Å². The number of hydrogen-bond donors (Lipinski definition) is 2. The van der Waals surface area contributed by atoms with E-state index in [4.69, 9.17) is 20.3 Å². The molecule has 0 atom stereocenters. The van der Waals surface area contributed by atoms with Gasteiger partial charge in [0, 0.05) is 30.3 Å². The van der Waals surface area contributed by atoms with Crippen LogP contribution in [-0.2, 0) is 11.3 Å². The second kappa shape index (κ2) is 9.66. The number of para-hydroxylation sites is 1. The van der Waals surface area contributed by atoms with Crippen LogP contribution in [0, 0.1) is 10.8 Å². The molecule has 0 spiro atoms. The van der Waals surface area contributed by atoms with Gasteiger partial charge in [0.2, 0.25) is 5.90 Å². The standard InChI is InChI=1S/C26H22N4O2/c1-18(27)32-26(28)24(16-19-12-14-29-15-13-19)20-7-10-23(11-8-20)31-17-22-9-6-21-4-2-3-5-25(21)30-22/h2-16,27-28H,17H2,1H3. The quantitative estimate of drug-likeness (QED) is 0.306. The first-order valence-corrected chi connectivity index (χ1v) is 10.1. The summed E-state index contributed by atoms with van der Waals surface area (Å²) in [6, 6.07) is 23.1. The summed E-state index contributed by atoms with van der Waals surface area (Å²) >= 11 is 0. The third-order valence-electron chi connectivity index (χ3n) is 4.73. The molecule has 4 aromatic rings. The molecular formula is C26H22N4O2. The van der Waals surface area contributed by atoms with Gasteiger partial charge < -0.3 is 9.47 Å². The van der Waals surface area contributed by atoms with E-state index in [2.05, 4.69) is 9.97 Å². The maximum Gasteiger partial charge on any atom is 0.221 e. The minimum Gasteiger partial charge on any atom is -0.487 e. The number of rotatable bonds is 6. The van der Waals surface area contributed by atoms with Crippen molar-refractivity contribution in [2.75, 3.05) is 0 Å². The van der Waals surface area contributed by atoms with Gasteiger partial charge in [0.15, 0.2) is 5.90 Å². The summed E-state index contributed by atoms with van der Waals surface area (Å²) in [7, 11) is 0. The molecule has 0 aliphatic heterocycles. The van der Waals surface area contributed by atoms with Gasteiger partial charge in [-0.25, -0.2) is 4.98 Å². The maximum atomic E-state index is 8.29. The van der Waals surface area contributed by atoms with Gasteiger partial charge in [0.1, 0.15) is 12.4 Å². The monoisotopic (exact) mass is 422 g/mol. The van der Waals surface area contributed by atoms with Crippen molar-refractivity contribution in [3.05, 3.63) is 102 Å². The minimum absolute atomic E-state index is 0.0431. The number of fused-ring (bicyclic) bond motifs is 1. The molecule has 0 fully saturated rings. The Morgan fingerprint density at radius 2 is 1.66 bits per heavy atom. The van der Waals surface area contributed by atoms with Gasteiger partial charge in [0.25, 0.3) is 0 Å². The molecule has 32 heavy (non-hydrogen) atoms. The average Bonchev–Trinajstić information content (AvgIpc) is 2.82. The smallest absolute Gasteiger partial charge is 0.221 e. The summed E-state index contributed by atoms with van der Waals surface area (Å²) in [6.45, 7) is 1.85. The molecule has 2 N–H and O–H groups in total. The SMILES string of the molecule is CC(=N)OC(=N)C(=Cc1ccncc1)c1ccc(OCc2ccc3ccccc3n2)cc1. The maximum absolute atomic E-state index is 8.29. The first kappa shape index (κ1) is 20.9.